The van der Waals surface area contributed by atoms with Gasteiger partial charge in [0.05, 0.1) is 5.54 Å². The highest BCUT2D eigenvalue weighted by Gasteiger charge is 2.36. The van der Waals surface area contributed by atoms with E-state index in [0.29, 0.717) is 6.04 Å². The van der Waals surface area contributed by atoms with Crippen LogP contribution in [0.1, 0.15) is 59.3 Å². The lowest BCUT2D eigenvalue weighted by molar-refractivity contribution is -0.124. The van der Waals surface area contributed by atoms with Crippen LogP contribution in [0, 0.1) is 5.92 Å². The van der Waals surface area contributed by atoms with Gasteiger partial charge in [-0.15, -0.1) is 0 Å². The van der Waals surface area contributed by atoms with Crippen molar-refractivity contribution in [3.05, 3.63) is 0 Å². The third-order valence-electron chi connectivity index (χ3n) is 3.70. The van der Waals surface area contributed by atoms with Gasteiger partial charge < -0.3 is 11.1 Å². The van der Waals surface area contributed by atoms with Crippen LogP contribution in [0.5, 0.6) is 0 Å². The second-order valence-corrected chi connectivity index (χ2v) is 7.59. The Morgan fingerprint density at radius 2 is 2.05 bits per heavy atom. The predicted molar refractivity (Wildman–Crippen MR) is 84.4 cm³/mol. The number of carbonyl (C=O) groups excluding carboxylic acids is 1. The van der Waals surface area contributed by atoms with Crippen LogP contribution in [0.15, 0.2) is 0 Å². The minimum atomic E-state index is -0.496. The van der Waals surface area contributed by atoms with E-state index in [9.17, 15) is 4.79 Å². The number of rotatable bonds is 11. The Morgan fingerprint density at radius 1 is 1.37 bits per heavy atom. The predicted octanol–water partition coefficient (Wildman–Crippen LogP) is 2.93. The van der Waals surface area contributed by atoms with Gasteiger partial charge in [0.2, 0.25) is 5.91 Å². The summed E-state index contributed by atoms with van der Waals surface area (Å²) in [6.45, 7) is 6.49. The van der Waals surface area contributed by atoms with Crippen LogP contribution in [0.2, 0.25) is 0 Å². The van der Waals surface area contributed by atoms with Gasteiger partial charge in [-0.25, -0.2) is 0 Å². The van der Waals surface area contributed by atoms with E-state index in [1.807, 2.05) is 18.7 Å². The Kier molecular flexibility index (Phi) is 7.22. The van der Waals surface area contributed by atoms with Gasteiger partial charge in [0.1, 0.15) is 0 Å². The van der Waals surface area contributed by atoms with Crippen LogP contribution >= 0.6 is 11.8 Å². The Labute approximate surface area is 122 Å². The topological polar surface area (TPSA) is 55.1 Å². The van der Waals surface area contributed by atoms with Crippen LogP contribution in [0.25, 0.3) is 0 Å². The summed E-state index contributed by atoms with van der Waals surface area (Å²) >= 11 is 2.03. The number of hydrogen-bond acceptors (Lipinski definition) is 3. The van der Waals surface area contributed by atoms with E-state index in [-0.39, 0.29) is 5.91 Å². The number of thioether (sulfide) groups is 1. The molecule has 1 atom stereocenters. The van der Waals surface area contributed by atoms with Crippen molar-refractivity contribution in [3.63, 3.8) is 0 Å². The zero-order valence-electron chi connectivity index (χ0n) is 12.7. The molecule has 1 unspecified atom stereocenters. The quantitative estimate of drug-likeness (QED) is 0.574. The van der Waals surface area contributed by atoms with Crippen molar-refractivity contribution in [2.45, 2.75) is 70.9 Å². The lowest BCUT2D eigenvalue weighted by Gasteiger charge is -2.27. The van der Waals surface area contributed by atoms with Crippen LogP contribution in [0.3, 0.4) is 0 Å². The lowest BCUT2D eigenvalue weighted by Crippen LogP contribution is -2.53. The maximum Gasteiger partial charge on any atom is 0.237 e. The summed E-state index contributed by atoms with van der Waals surface area (Å²) in [5, 5.41) is 3.40. The van der Waals surface area contributed by atoms with Gasteiger partial charge in [-0.05, 0) is 56.5 Å². The number of unbranched alkanes of at least 4 members (excludes halogenated alkanes) is 1. The van der Waals surface area contributed by atoms with E-state index in [0.717, 1.165) is 18.8 Å². The van der Waals surface area contributed by atoms with Crippen LogP contribution in [-0.4, -0.2) is 29.0 Å². The fourth-order valence-electron chi connectivity index (χ4n) is 2.05. The normalized spacial score (nSPS) is 18.5. The highest BCUT2D eigenvalue weighted by molar-refractivity contribution is 7.99. The molecule has 3 N–H and O–H groups in total. The molecule has 0 aliphatic heterocycles. The van der Waals surface area contributed by atoms with Crippen molar-refractivity contribution in [2.24, 2.45) is 11.7 Å². The third-order valence-corrected chi connectivity index (χ3v) is 4.80. The molecule has 0 radical (unpaired) electrons. The fourth-order valence-corrected chi connectivity index (χ4v) is 3.30. The molecule has 0 saturated heterocycles. The van der Waals surface area contributed by atoms with Gasteiger partial charge in [-0.2, -0.15) is 11.8 Å². The van der Waals surface area contributed by atoms with E-state index in [4.69, 9.17) is 5.73 Å². The summed E-state index contributed by atoms with van der Waals surface area (Å²) in [7, 11) is 0. The molecule has 19 heavy (non-hydrogen) atoms. The van der Waals surface area contributed by atoms with Crippen molar-refractivity contribution in [1.82, 2.24) is 5.32 Å². The molecule has 1 aliphatic carbocycles. The maximum absolute atomic E-state index is 11.6. The Balaban J connectivity index is 2.09. The lowest BCUT2D eigenvalue weighted by atomic mass is 9.94. The van der Waals surface area contributed by atoms with Crippen LogP contribution < -0.4 is 11.1 Å². The number of hydrogen-bond donors (Lipinski definition) is 2. The molecule has 1 rings (SSSR count). The van der Waals surface area contributed by atoms with Crippen LogP contribution in [-0.2, 0) is 4.79 Å². The van der Waals surface area contributed by atoms with Gasteiger partial charge in [-0.3, -0.25) is 4.79 Å². The molecule has 1 amide bonds. The largest absolute Gasteiger partial charge is 0.368 e. The van der Waals surface area contributed by atoms with E-state index in [1.54, 1.807) is 0 Å². The number of primary amides is 1. The zero-order chi connectivity index (χ0) is 14.3. The van der Waals surface area contributed by atoms with Crippen molar-refractivity contribution >= 4 is 17.7 Å². The van der Waals surface area contributed by atoms with E-state index in [2.05, 4.69) is 19.2 Å². The molecule has 0 heterocycles. The molecule has 1 fully saturated rings. The van der Waals surface area contributed by atoms with E-state index in [1.165, 1.54) is 37.2 Å². The number of nitrogens with two attached hydrogens (primary N) is 1. The highest BCUT2D eigenvalue weighted by atomic mass is 32.2. The van der Waals surface area contributed by atoms with E-state index < -0.39 is 5.54 Å². The molecule has 4 heteroatoms. The number of amides is 1. The summed E-state index contributed by atoms with van der Waals surface area (Å²) in [5.41, 5.74) is 5.04. The van der Waals surface area contributed by atoms with Crippen molar-refractivity contribution in [1.29, 1.82) is 0 Å². The molecule has 3 nitrogen and oxygen atoms in total. The summed E-state index contributed by atoms with van der Waals surface area (Å²) < 4.78 is 0. The average Bonchev–Trinajstić information content (AvgIpc) is 3.11. The Morgan fingerprint density at radius 3 is 2.58 bits per heavy atom. The van der Waals surface area contributed by atoms with E-state index >= 15 is 0 Å². The SMILES string of the molecule is CC(C)CCSCCCCC(C)(NC1CC1)C(N)=O. The molecule has 0 aromatic carbocycles. The van der Waals surface area contributed by atoms with Crippen LogP contribution in [0.4, 0.5) is 0 Å². The van der Waals surface area contributed by atoms with Gasteiger partial charge in [0.15, 0.2) is 0 Å². The highest BCUT2D eigenvalue weighted by Crippen LogP contribution is 2.25. The van der Waals surface area contributed by atoms with Gasteiger partial charge in [0, 0.05) is 6.04 Å². The number of carbonyl (C=O) groups is 1. The molecule has 0 bridgehead atoms. The zero-order valence-corrected chi connectivity index (χ0v) is 13.5. The first kappa shape index (κ1) is 16.8. The Bertz CT molecular complexity index is 279. The summed E-state index contributed by atoms with van der Waals surface area (Å²) in [5.74, 6) is 3.05. The molecule has 1 saturated carbocycles. The average molecular weight is 286 g/mol. The third kappa shape index (κ3) is 7.21. The first-order valence-electron chi connectivity index (χ1n) is 7.59. The standard InChI is InChI=1S/C15H30N2OS/c1-12(2)8-11-19-10-5-4-9-15(3,14(16)18)17-13-6-7-13/h12-13,17H,4-11H2,1-3H3,(H2,16,18). The Hall–Kier alpha value is -0.220. The van der Waals surface area contributed by atoms with Crippen molar-refractivity contribution < 1.29 is 4.79 Å². The minimum absolute atomic E-state index is 0.202. The fraction of sp³-hybridized carbons (Fsp3) is 0.933. The first-order valence-corrected chi connectivity index (χ1v) is 8.75. The molecular weight excluding hydrogens is 256 g/mol. The summed E-state index contributed by atoms with van der Waals surface area (Å²) in [6, 6.07) is 0.526. The second kappa shape index (κ2) is 8.15. The molecule has 112 valence electrons. The van der Waals surface area contributed by atoms with Crippen molar-refractivity contribution in [2.75, 3.05) is 11.5 Å². The molecule has 0 spiro atoms. The summed E-state index contributed by atoms with van der Waals surface area (Å²) in [6.07, 6.45) is 6.80. The smallest absolute Gasteiger partial charge is 0.237 e. The monoisotopic (exact) mass is 286 g/mol. The van der Waals surface area contributed by atoms with Gasteiger partial charge in [0.25, 0.3) is 0 Å². The molecule has 1 aliphatic rings. The molecular formula is C15H30N2OS. The first-order chi connectivity index (χ1) is 8.94. The summed E-state index contributed by atoms with van der Waals surface area (Å²) in [4.78, 5) is 11.6. The minimum Gasteiger partial charge on any atom is -0.368 e. The second-order valence-electron chi connectivity index (χ2n) is 6.37. The van der Waals surface area contributed by atoms with Gasteiger partial charge in [-0.1, -0.05) is 20.3 Å². The van der Waals surface area contributed by atoms with Gasteiger partial charge >= 0.3 is 0 Å². The number of nitrogens with one attached hydrogen (secondary N) is 1. The van der Waals surface area contributed by atoms with Crippen molar-refractivity contribution in [3.8, 4) is 0 Å². The maximum atomic E-state index is 11.6. The molecule has 0 aromatic heterocycles. The molecule has 0 aromatic rings.